The Labute approximate surface area is 347 Å². The minimum Gasteiger partial charge on any atom is -0.512 e. The Morgan fingerprint density at radius 2 is 1.55 bits per heavy atom. The standard InChI is InChI=1S/C34H32NOS.C15H28O2.Ir/c1-20(2)15-31-21(3)27-17-23(11-12-30(27)37-31)29-19-24-13-14-35-32(33(24)36-29)25-16-22-9-7-8-10-26(22)28(18-25)34(4,5)6;1-7-14(5,8-2)12(16)11-13(17)15(6,9-3)10-4;/h7-14,17-20H,15H2,1-6H3;11,16H,7-10H2,1-6H3;/q-1;;/b;12-11-;. The number of carbonyl (C=O) groups excluding carboxylic acids is 1. The number of hydrogen-bond acceptors (Lipinski definition) is 5. The fraction of sp³-hybridized carbons (Fsp3) is 0.429. The molecule has 3 aromatic carbocycles. The summed E-state index contributed by atoms with van der Waals surface area (Å²) < 4.78 is 7.90. The van der Waals surface area contributed by atoms with Crippen LogP contribution in [0.4, 0.5) is 0 Å². The molecular formula is C49H60IrNO3S-. The molecule has 0 spiro atoms. The van der Waals surface area contributed by atoms with E-state index in [1.54, 1.807) is 0 Å². The summed E-state index contributed by atoms with van der Waals surface area (Å²) in [5.41, 5.74) is 5.80. The van der Waals surface area contributed by atoms with Gasteiger partial charge in [0, 0.05) is 69.4 Å². The van der Waals surface area contributed by atoms with Gasteiger partial charge in [-0.1, -0.05) is 105 Å². The summed E-state index contributed by atoms with van der Waals surface area (Å²) in [5.74, 6) is 1.81. The molecule has 0 atom stereocenters. The van der Waals surface area contributed by atoms with Gasteiger partial charge in [0.2, 0.25) is 0 Å². The fourth-order valence-electron chi connectivity index (χ4n) is 6.95. The third-order valence-corrected chi connectivity index (χ3v) is 13.1. The second-order valence-corrected chi connectivity index (χ2v) is 18.1. The normalized spacial score (nSPS) is 12.6. The molecule has 0 fully saturated rings. The van der Waals surface area contributed by atoms with Crippen molar-refractivity contribution >= 4 is 48.9 Å². The minimum atomic E-state index is -0.337. The van der Waals surface area contributed by atoms with Crippen molar-refractivity contribution in [3.8, 4) is 22.6 Å². The topological polar surface area (TPSA) is 63.3 Å². The van der Waals surface area contributed by atoms with E-state index in [2.05, 4.69) is 102 Å². The second-order valence-electron chi connectivity index (χ2n) is 17.0. The van der Waals surface area contributed by atoms with Gasteiger partial charge in [0.1, 0.15) is 17.1 Å². The maximum atomic E-state index is 12.2. The van der Waals surface area contributed by atoms with E-state index < -0.39 is 0 Å². The molecule has 0 saturated heterocycles. The first kappa shape index (κ1) is 44.1. The predicted octanol–water partition coefficient (Wildman–Crippen LogP) is 14.8. The average molecular weight is 935 g/mol. The molecule has 6 aromatic rings. The van der Waals surface area contributed by atoms with Crippen molar-refractivity contribution in [2.45, 2.75) is 121 Å². The molecular weight excluding hydrogens is 875 g/mol. The molecule has 6 rings (SSSR count). The van der Waals surface area contributed by atoms with Gasteiger partial charge in [0.15, 0.2) is 5.78 Å². The fourth-order valence-corrected chi connectivity index (χ4v) is 8.35. The monoisotopic (exact) mass is 935 g/mol. The maximum absolute atomic E-state index is 12.2. The smallest absolute Gasteiger partial charge is 0.164 e. The van der Waals surface area contributed by atoms with Gasteiger partial charge >= 0.3 is 0 Å². The quantitative estimate of drug-likeness (QED) is 0.0799. The number of aliphatic hydroxyl groups is 1. The number of aryl methyl sites for hydroxylation is 1. The largest absolute Gasteiger partial charge is 0.512 e. The number of thiophene rings is 1. The van der Waals surface area contributed by atoms with Gasteiger partial charge in [-0.05, 0) is 91.6 Å². The van der Waals surface area contributed by atoms with Crippen LogP contribution >= 0.6 is 11.3 Å². The van der Waals surface area contributed by atoms with Crippen LogP contribution in [-0.2, 0) is 36.7 Å². The first-order chi connectivity index (χ1) is 25.5. The van der Waals surface area contributed by atoms with E-state index in [4.69, 9.17) is 9.40 Å². The Morgan fingerprint density at radius 3 is 2.16 bits per heavy atom. The summed E-state index contributed by atoms with van der Waals surface area (Å²) in [6, 6.07) is 25.2. The predicted molar refractivity (Wildman–Crippen MR) is 232 cm³/mol. The van der Waals surface area contributed by atoms with Crippen molar-refractivity contribution in [2.24, 2.45) is 16.7 Å². The van der Waals surface area contributed by atoms with Crippen LogP contribution in [0.2, 0.25) is 0 Å². The first-order valence-electron chi connectivity index (χ1n) is 19.8. The van der Waals surface area contributed by atoms with Gasteiger partial charge in [0.05, 0.1) is 0 Å². The zero-order chi connectivity index (χ0) is 39.6. The van der Waals surface area contributed by atoms with Crippen LogP contribution < -0.4 is 0 Å². The summed E-state index contributed by atoms with van der Waals surface area (Å²) in [5, 5.41) is 14.9. The zero-order valence-electron chi connectivity index (χ0n) is 35.0. The summed E-state index contributed by atoms with van der Waals surface area (Å²) in [7, 11) is 0. The molecule has 6 heteroatoms. The van der Waals surface area contributed by atoms with Crippen molar-refractivity contribution in [1.29, 1.82) is 0 Å². The number of aromatic nitrogens is 1. The van der Waals surface area contributed by atoms with Gasteiger partial charge in [-0.2, -0.15) is 0 Å². The molecule has 295 valence electrons. The van der Waals surface area contributed by atoms with E-state index in [1.807, 2.05) is 65.1 Å². The van der Waals surface area contributed by atoms with Gasteiger partial charge in [0.25, 0.3) is 0 Å². The van der Waals surface area contributed by atoms with Crippen molar-refractivity contribution in [3.63, 3.8) is 0 Å². The van der Waals surface area contributed by atoms with Crippen molar-refractivity contribution in [1.82, 2.24) is 4.98 Å². The number of furan rings is 1. The summed E-state index contributed by atoms with van der Waals surface area (Å²) >= 11 is 1.92. The van der Waals surface area contributed by atoms with Crippen LogP contribution in [0.25, 0.3) is 54.4 Å². The second kappa shape index (κ2) is 17.7. The molecule has 0 unspecified atom stereocenters. The minimum absolute atomic E-state index is 0. The molecule has 0 aliphatic rings. The number of benzene rings is 3. The summed E-state index contributed by atoms with van der Waals surface area (Å²) in [6.45, 7) is 25.7. The third-order valence-electron chi connectivity index (χ3n) is 11.8. The Bertz CT molecular complexity index is 2290. The van der Waals surface area contributed by atoms with Crippen molar-refractivity contribution in [2.75, 3.05) is 0 Å². The molecule has 3 aromatic heterocycles. The molecule has 3 heterocycles. The summed E-state index contributed by atoms with van der Waals surface area (Å²) in [4.78, 5) is 18.5. The summed E-state index contributed by atoms with van der Waals surface area (Å²) in [6.07, 6.45) is 7.75. The average Bonchev–Trinajstić information content (AvgIpc) is 3.73. The Balaban J connectivity index is 0.000000320. The maximum Gasteiger partial charge on any atom is 0.164 e. The number of allylic oxidation sites excluding steroid dienone is 2. The zero-order valence-corrected chi connectivity index (χ0v) is 38.2. The third kappa shape index (κ3) is 9.36. The van der Waals surface area contributed by atoms with Crippen LogP contribution in [0, 0.1) is 29.7 Å². The van der Waals surface area contributed by atoms with Gasteiger partial charge in [-0.3, -0.25) is 9.78 Å². The number of hydrogen-bond donors (Lipinski definition) is 1. The molecule has 4 nitrogen and oxygen atoms in total. The molecule has 0 bridgehead atoms. The van der Waals surface area contributed by atoms with Gasteiger partial charge in [-0.25, -0.2) is 0 Å². The van der Waals surface area contributed by atoms with Gasteiger partial charge < -0.3 is 9.52 Å². The molecule has 1 radical (unpaired) electrons. The number of rotatable bonds is 11. The first-order valence-corrected chi connectivity index (χ1v) is 20.6. The molecule has 0 amide bonds. The molecule has 0 aliphatic heterocycles. The van der Waals surface area contributed by atoms with E-state index in [1.165, 1.54) is 37.6 Å². The van der Waals surface area contributed by atoms with Gasteiger partial charge in [-0.15, -0.1) is 40.5 Å². The number of ketones is 1. The van der Waals surface area contributed by atoms with E-state index in [9.17, 15) is 9.90 Å². The number of aliphatic hydroxyl groups excluding tert-OH is 1. The van der Waals surface area contributed by atoms with Crippen molar-refractivity contribution < 1.29 is 34.4 Å². The number of carbonyl (C=O) groups is 1. The molecule has 0 aliphatic carbocycles. The molecule has 55 heavy (non-hydrogen) atoms. The van der Waals surface area contributed by atoms with Crippen LogP contribution in [0.15, 0.2) is 83.1 Å². The van der Waals surface area contributed by atoms with E-state index >= 15 is 0 Å². The van der Waals surface area contributed by atoms with Crippen LogP contribution in [0.1, 0.15) is 118 Å². The number of nitrogens with zero attached hydrogens (tertiary/aromatic N) is 1. The molecule has 0 saturated carbocycles. The Hall–Kier alpha value is -3.57. The Kier molecular flexibility index (Phi) is 14.2. The van der Waals surface area contributed by atoms with Crippen LogP contribution in [0.5, 0.6) is 0 Å². The van der Waals surface area contributed by atoms with Crippen LogP contribution in [-0.4, -0.2) is 15.9 Å². The van der Waals surface area contributed by atoms with Crippen molar-refractivity contribution in [3.05, 3.63) is 101 Å². The number of pyridine rings is 1. The van der Waals surface area contributed by atoms with E-state index in [0.717, 1.165) is 71.0 Å². The SMILES string of the molecule is CCC(C)(CC)C(=O)/C=C(\O)C(C)(CC)CC.Cc1c(CC(C)C)sc2ccc(-c3cc4ccnc(-c5[c-]c6ccccc6c(C(C)(C)C)c5)c4o3)cc12.[Ir]. The van der Waals surface area contributed by atoms with E-state index in [0.29, 0.717) is 5.92 Å². The van der Waals surface area contributed by atoms with E-state index in [-0.39, 0.29) is 47.9 Å². The Morgan fingerprint density at radius 1 is 0.891 bits per heavy atom. The van der Waals surface area contributed by atoms with Crippen LogP contribution in [0.3, 0.4) is 0 Å². The molecule has 1 N–H and O–H groups in total. The number of fused-ring (bicyclic) bond motifs is 3.